The molecule has 0 spiro atoms. The van der Waals surface area contributed by atoms with Crippen molar-refractivity contribution in [2.75, 3.05) is 13.2 Å². The van der Waals surface area contributed by atoms with Crippen LogP contribution in [0.25, 0.3) is 0 Å². The maximum absolute atomic E-state index is 11.7. The minimum absolute atomic E-state index is 0.00734. The maximum atomic E-state index is 11.7. The molecule has 1 rings (SSSR count). The van der Waals surface area contributed by atoms with Crippen LogP contribution in [0.4, 0.5) is 5.69 Å². The van der Waals surface area contributed by atoms with Gasteiger partial charge in [0, 0.05) is 25.3 Å². The van der Waals surface area contributed by atoms with Gasteiger partial charge in [0.1, 0.15) is 0 Å². The van der Waals surface area contributed by atoms with Crippen LogP contribution in [0.1, 0.15) is 25.3 Å². The fraction of sp³-hybridized carbons (Fsp3) is 0.500. The van der Waals surface area contributed by atoms with Crippen LogP contribution >= 0.6 is 0 Å². The number of aliphatic hydroxyl groups is 1. The Kier molecular flexibility index (Phi) is 6.66. The van der Waals surface area contributed by atoms with Gasteiger partial charge in [-0.3, -0.25) is 14.9 Å². The number of rotatable bonds is 8. The van der Waals surface area contributed by atoms with Crippen LogP contribution in [0.3, 0.4) is 0 Å². The third-order valence-electron chi connectivity index (χ3n) is 2.99. The van der Waals surface area contributed by atoms with Crippen LogP contribution in [-0.4, -0.2) is 29.1 Å². The summed E-state index contributed by atoms with van der Waals surface area (Å²) in [5, 5.41) is 22.3. The van der Waals surface area contributed by atoms with Gasteiger partial charge in [-0.2, -0.15) is 0 Å². The van der Waals surface area contributed by atoms with Crippen molar-refractivity contribution in [3.8, 4) is 0 Å². The summed E-state index contributed by atoms with van der Waals surface area (Å²) in [6, 6.07) is 6.08. The molecule has 0 saturated heterocycles. The van der Waals surface area contributed by atoms with Crippen molar-refractivity contribution in [3.05, 3.63) is 39.9 Å². The average molecular weight is 280 g/mol. The molecule has 0 aromatic heterocycles. The highest BCUT2D eigenvalue weighted by Gasteiger charge is 2.08. The molecule has 0 bridgehead atoms. The van der Waals surface area contributed by atoms with Crippen LogP contribution in [-0.2, 0) is 11.2 Å². The van der Waals surface area contributed by atoms with Crippen molar-refractivity contribution in [1.82, 2.24) is 5.32 Å². The predicted octanol–water partition coefficient (Wildman–Crippen LogP) is 1.66. The minimum Gasteiger partial charge on any atom is -0.396 e. The van der Waals surface area contributed by atoms with E-state index in [1.165, 1.54) is 12.1 Å². The fourth-order valence-corrected chi connectivity index (χ4v) is 1.80. The van der Waals surface area contributed by atoms with E-state index in [9.17, 15) is 14.9 Å². The molecule has 1 aromatic carbocycles. The summed E-state index contributed by atoms with van der Waals surface area (Å²) in [5.74, 6) is 0.0887. The number of benzene rings is 1. The quantitative estimate of drug-likeness (QED) is 0.430. The first-order valence-corrected chi connectivity index (χ1v) is 6.63. The number of hydrogen-bond acceptors (Lipinski definition) is 4. The van der Waals surface area contributed by atoms with Gasteiger partial charge < -0.3 is 10.4 Å². The third kappa shape index (κ3) is 5.79. The Labute approximate surface area is 118 Å². The summed E-state index contributed by atoms with van der Waals surface area (Å²) in [4.78, 5) is 21.8. The zero-order valence-electron chi connectivity index (χ0n) is 11.5. The van der Waals surface area contributed by atoms with Gasteiger partial charge in [0.2, 0.25) is 5.91 Å². The van der Waals surface area contributed by atoms with Gasteiger partial charge in [0.25, 0.3) is 5.69 Å². The first-order chi connectivity index (χ1) is 9.52. The van der Waals surface area contributed by atoms with Crippen LogP contribution in [0.15, 0.2) is 24.3 Å². The molecule has 0 radical (unpaired) electrons. The molecule has 1 atom stereocenters. The Bertz CT molecular complexity index is 462. The van der Waals surface area contributed by atoms with E-state index in [0.717, 1.165) is 12.8 Å². The van der Waals surface area contributed by atoms with Crippen LogP contribution < -0.4 is 5.32 Å². The van der Waals surface area contributed by atoms with Gasteiger partial charge in [-0.15, -0.1) is 0 Å². The van der Waals surface area contributed by atoms with Crippen molar-refractivity contribution in [1.29, 1.82) is 0 Å². The second-order valence-corrected chi connectivity index (χ2v) is 4.88. The number of nitrogens with one attached hydrogen (secondary N) is 1. The van der Waals surface area contributed by atoms with Crippen molar-refractivity contribution >= 4 is 11.6 Å². The van der Waals surface area contributed by atoms with Crippen LogP contribution in [0.5, 0.6) is 0 Å². The Morgan fingerprint density at radius 2 is 2.25 bits per heavy atom. The standard InChI is InChI=1S/C14H20N2O4/c1-11(10-17)4-3-7-15-14(18)9-12-5-2-6-13(8-12)16(19)20/h2,5-6,8,11,17H,3-4,7,9-10H2,1H3,(H,15,18). The second kappa shape index (κ2) is 8.27. The van der Waals surface area contributed by atoms with Crippen molar-refractivity contribution in [3.63, 3.8) is 0 Å². The first kappa shape index (κ1) is 16.1. The average Bonchev–Trinajstić information content (AvgIpc) is 2.43. The molecular formula is C14H20N2O4. The highest BCUT2D eigenvalue weighted by atomic mass is 16.6. The summed E-state index contributed by atoms with van der Waals surface area (Å²) in [7, 11) is 0. The normalized spacial score (nSPS) is 11.9. The van der Waals surface area contributed by atoms with Gasteiger partial charge in [0.15, 0.2) is 0 Å². The molecule has 1 aromatic rings. The molecule has 6 heteroatoms. The van der Waals surface area contributed by atoms with E-state index in [2.05, 4.69) is 5.32 Å². The van der Waals surface area contributed by atoms with Crippen molar-refractivity contribution in [2.24, 2.45) is 5.92 Å². The molecule has 0 fully saturated rings. The molecule has 20 heavy (non-hydrogen) atoms. The lowest BCUT2D eigenvalue weighted by atomic mass is 10.1. The SMILES string of the molecule is CC(CO)CCCNC(=O)Cc1cccc([N+](=O)[O-])c1. The first-order valence-electron chi connectivity index (χ1n) is 6.63. The number of carbonyl (C=O) groups excluding carboxylic acids is 1. The summed E-state index contributed by atoms with van der Waals surface area (Å²) in [6.45, 7) is 2.66. The number of carbonyl (C=O) groups is 1. The molecule has 0 aliphatic carbocycles. The molecule has 1 amide bonds. The number of aliphatic hydroxyl groups excluding tert-OH is 1. The molecule has 1 unspecified atom stereocenters. The smallest absolute Gasteiger partial charge is 0.269 e. The van der Waals surface area contributed by atoms with E-state index in [1.54, 1.807) is 12.1 Å². The Balaban J connectivity index is 2.35. The van der Waals surface area contributed by atoms with Gasteiger partial charge >= 0.3 is 0 Å². The molecule has 0 aliphatic heterocycles. The zero-order chi connectivity index (χ0) is 15.0. The van der Waals surface area contributed by atoms with Crippen LogP contribution in [0.2, 0.25) is 0 Å². The number of amides is 1. The number of nitrogens with zero attached hydrogens (tertiary/aromatic N) is 1. The van der Waals surface area contributed by atoms with Gasteiger partial charge in [0.05, 0.1) is 11.3 Å². The van der Waals surface area contributed by atoms with Crippen LogP contribution in [0, 0.1) is 16.0 Å². The van der Waals surface area contributed by atoms with Gasteiger partial charge in [-0.05, 0) is 24.3 Å². The van der Waals surface area contributed by atoms with Crippen molar-refractivity contribution in [2.45, 2.75) is 26.2 Å². The van der Waals surface area contributed by atoms with Gasteiger partial charge in [-0.25, -0.2) is 0 Å². The lowest BCUT2D eigenvalue weighted by Crippen LogP contribution is -2.26. The molecule has 110 valence electrons. The summed E-state index contributed by atoms with van der Waals surface area (Å²) < 4.78 is 0. The molecule has 0 saturated carbocycles. The number of nitro groups is 1. The number of non-ortho nitro benzene ring substituents is 1. The Hall–Kier alpha value is -1.95. The predicted molar refractivity (Wildman–Crippen MR) is 75.3 cm³/mol. The van der Waals surface area contributed by atoms with E-state index in [0.29, 0.717) is 12.1 Å². The fourth-order valence-electron chi connectivity index (χ4n) is 1.80. The van der Waals surface area contributed by atoms with E-state index in [1.807, 2.05) is 6.92 Å². The highest BCUT2D eigenvalue weighted by molar-refractivity contribution is 5.78. The van der Waals surface area contributed by atoms with E-state index < -0.39 is 4.92 Å². The molecule has 2 N–H and O–H groups in total. The molecule has 6 nitrogen and oxygen atoms in total. The number of hydrogen-bond donors (Lipinski definition) is 2. The second-order valence-electron chi connectivity index (χ2n) is 4.88. The third-order valence-corrected chi connectivity index (χ3v) is 2.99. The molecule has 0 heterocycles. The monoisotopic (exact) mass is 280 g/mol. The lowest BCUT2D eigenvalue weighted by molar-refractivity contribution is -0.384. The van der Waals surface area contributed by atoms with E-state index in [4.69, 9.17) is 5.11 Å². The minimum atomic E-state index is -0.475. The Morgan fingerprint density at radius 1 is 1.50 bits per heavy atom. The van der Waals surface area contributed by atoms with Gasteiger partial charge in [-0.1, -0.05) is 19.1 Å². The van der Waals surface area contributed by atoms with Crippen molar-refractivity contribution < 1.29 is 14.8 Å². The number of nitro benzene ring substituents is 1. The maximum Gasteiger partial charge on any atom is 0.269 e. The lowest BCUT2D eigenvalue weighted by Gasteiger charge is -2.08. The van der Waals surface area contributed by atoms with E-state index in [-0.39, 0.29) is 30.5 Å². The molecule has 0 aliphatic rings. The molecular weight excluding hydrogens is 260 g/mol. The van der Waals surface area contributed by atoms with E-state index >= 15 is 0 Å². The topological polar surface area (TPSA) is 92.5 Å². The summed E-state index contributed by atoms with van der Waals surface area (Å²) in [6.07, 6.45) is 1.80. The summed E-state index contributed by atoms with van der Waals surface area (Å²) >= 11 is 0. The highest BCUT2D eigenvalue weighted by Crippen LogP contribution is 2.13. The zero-order valence-corrected chi connectivity index (χ0v) is 11.5. The Morgan fingerprint density at radius 3 is 2.90 bits per heavy atom. The largest absolute Gasteiger partial charge is 0.396 e. The summed E-state index contributed by atoms with van der Waals surface area (Å²) in [5.41, 5.74) is 0.618.